The van der Waals surface area contributed by atoms with E-state index in [-0.39, 0.29) is 17.7 Å². The van der Waals surface area contributed by atoms with Crippen LogP contribution in [0.5, 0.6) is 5.75 Å². The number of carbonyl (C=O) groups is 1. The molecule has 0 radical (unpaired) electrons. The fraction of sp³-hybridized carbons (Fsp3) is 0.562. The molecule has 3 nitrogen and oxygen atoms in total. The molecule has 0 unspecified atom stereocenters. The normalized spacial score (nSPS) is 10.7. The van der Waals surface area contributed by atoms with Crippen molar-refractivity contribution in [3.8, 4) is 5.75 Å². The number of rotatable bonds is 7. The van der Waals surface area contributed by atoms with E-state index in [1.54, 1.807) is 18.2 Å². The molecule has 1 N–H and O–H groups in total. The standard InChI is InChI=1S/C16H25NO2/c1-4-5-6-10-17(13(2)3)16(19)12-14-8-7-9-15(18)11-14/h7-9,11,13,18H,4-6,10,12H2,1-3H3. The van der Waals surface area contributed by atoms with E-state index in [1.165, 1.54) is 0 Å². The Hall–Kier alpha value is -1.51. The van der Waals surface area contributed by atoms with Crippen molar-refractivity contribution in [1.82, 2.24) is 4.90 Å². The van der Waals surface area contributed by atoms with Crippen LogP contribution in [-0.4, -0.2) is 28.5 Å². The molecule has 0 aliphatic carbocycles. The molecule has 0 aliphatic heterocycles. The number of phenolic OH excluding ortho intramolecular Hbond substituents is 1. The summed E-state index contributed by atoms with van der Waals surface area (Å²) < 4.78 is 0. The molecule has 0 aromatic heterocycles. The number of hydrogen-bond donors (Lipinski definition) is 1. The van der Waals surface area contributed by atoms with Crippen LogP contribution in [0.1, 0.15) is 45.6 Å². The Morgan fingerprint density at radius 1 is 1.32 bits per heavy atom. The Kier molecular flexibility index (Phi) is 6.40. The van der Waals surface area contributed by atoms with Gasteiger partial charge in [-0.25, -0.2) is 0 Å². The van der Waals surface area contributed by atoms with Crippen molar-refractivity contribution >= 4 is 5.91 Å². The molecule has 0 heterocycles. The van der Waals surface area contributed by atoms with E-state index in [1.807, 2.05) is 24.8 Å². The van der Waals surface area contributed by atoms with Gasteiger partial charge in [-0.15, -0.1) is 0 Å². The molecule has 1 rings (SSSR count). The Balaban J connectivity index is 2.61. The summed E-state index contributed by atoms with van der Waals surface area (Å²) >= 11 is 0. The van der Waals surface area contributed by atoms with Crippen LogP contribution in [0.2, 0.25) is 0 Å². The Bertz CT molecular complexity index is 401. The zero-order valence-electron chi connectivity index (χ0n) is 12.2. The van der Waals surface area contributed by atoms with Gasteiger partial charge in [-0.1, -0.05) is 31.9 Å². The van der Waals surface area contributed by atoms with E-state index < -0.39 is 0 Å². The lowest BCUT2D eigenvalue weighted by atomic mass is 10.1. The van der Waals surface area contributed by atoms with Crippen LogP contribution in [0.4, 0.5) is 0 Å². The first kappa shape index (κ1) is 15.5. The minimum Gasteiger partial charge on any atom is -0.508 e. The minimum absolute atomic E-state index is 0.136. The number of aromatic hydroxyl groups is 1. The summed E-state index contributed by atoms with van der Waals surface area (Å²) in [6, 6.07) is 7.15. The van der Waals surface area contributed by atoms with Gasteiger partial charge < -0.3 is 10.0 Å². The van der Waals surface area contributed by atoms with E-state index in [2.05, 4.69) is 6.92 Å². The molecule has 0 fully saturated rings. The van der Waals surface area contributed by atoms with Crippen LogP contribution in [0, 0.1) is 0 Å². The van der Waals surface area contributed by atoms with E-state index in [9.17, 15) is 9.90 Å². The number of nitrogens with zero attached hydrogens (tertiary/aromatic N) is 1. The highest BCUT2D eigenvalue weighted by molar-refractivity contribution is 5.79. The highest BCUT2D eigenvalue weighted by Crippen LogP contribution is 2.13. The molecule has 1 aromatic rings. The van der Waals surface area contributed by atoms with E-state index in [0.717, 1.165) is 31.4 Å². The molecule has 0 aliphatic rings. The maximum absolute atomic E-state index is 12.3. The summed E-state index contributed by atoms with van der Waals surface area (Å²) in [6.07, 6.45) is 3.73. The predicted octanol–water partition coefficient (Wildman–Crippen LogP) is 3.36. The number of hydrogen-bond acceptors (Lipinski definition) is 2. The molecular formula is C16H25NO2. The molecule has 1 amide bonds. The van der Waals surface area contributed by atoms with Gasteiger partial charge >= 0.3 is 0 Å². The highest BCUT2D eigenvalue weighted by atomic mass is 16.3. The van der Waals surface area contributed by atoms with Crippen LogP contribution < -0.4 is 0 Å². The number of amides is 1. The van der Waals surface area contributed by atoms with Crippen LogP contribution in [0.3, 0.4) is 0 Å². The van der Waals surface area contributed by atoms with Crippen molar-refractivity contribution in [3.05, 3.63) is 29.8 Å². The van der Waals surface area contributed by atoms with Crippen molar-refractivity contribution in [2.75, 3.05) is 6.54 Å². The van der Waals surface area contributed by atoms with Gasteiger partial charge in [-0.05, 0) is 38.0 Å². The SMILES string of the molecule is CCCCCN(C(=O)Cc1cccc(O)c1)C(C)C. The molecule has 0 bridgehead atoms. The average Bonchev–Trinajstić information content (AvgIpc) is 2.34. The van der Waals surface area contributed by atoms with Crippen LogP contribution in [0.15, 0.2) is 24.3 Å². The van der Waals surface area contributed by atoms with Crippen molar-refractivity contribution in [2.45, 2.75) is 52.5 Å². The van der Waals surface area contributed by atoms with E-state index in [4.69, 9.17) is 0 Å². The Morgan fingerprint density at radius 3 is 2.63 bits per heavy atom. The molecule has 0 saturated heterocycles. The summed E-state index contributed by atoms with van der Waals surface area (Å²) in [5.74, 6) is 0.351. The topological polar surface area (TPSA) is 40.5 Å². The first-order chi connectivity index (χ1) is 9.04. The summed E-state index contributed by atoms with van der Waals surface area (Å²) in [5.41, 5.74) is 0.867. The quantitative estimate of drug-likeness (QED) is 0.766. The van der Waals surface area contributed by atoms with E-state index >= 15 is 0 Å². The fourth-order valence-corrected chi connectivity index (χ4v) is 2.15. The molecule has 0 atom stereocenters. The second-order valence-corrected chi connectivity index (χ2v) is 5.23. The predicted molar refractivity (Wildman–Crippen MR) is 78.2 cm³/mol. The average molecular weight is 263 g/mol. The summed E-state index contributed by atoms with van der Waals surface area (Å²) in [4.78, 5) is 14.2. The third kappa shape index (κ3) is 5.33. The van der Waals surface area contributed by atoms with Gasteiger partial charge in [-0.2, -0.15) is 0 Å². The Labute approximate surface area is 116 Å². The smallest absolute Gasteiger partial charge is 0.227 e. The highest BCUT2D eigenvalue weighted by Gasteiger charge is 2.16. The molecule has 1 aromatic carbocycles. The summed E-state index contributed by atoms with van der Waals surface area (Å²) in [7, 11) is 0. The van der Waals surface area contributed by atoms with Crippen molar-refractivity contribution < 1.29 is 9.90 Å². The fourth-order valence-electron chi connectivity index (χ4n) is 2.15. The maximum atomic E-state index is 12.3. The zero-order valence-corrected chi connectivity index (χ0v) is 12.2. The second-order valence-electron chi connectivity index (χ2n) is 5.23. The van der Waals surface area contributed by atoms with Crippen molar-refractivity contribution in [3.63, 3.8) is 0 Å². The van der Waals surface area contributed by atoms with Gasteiger partial charge in [0.15, 0.2) is 0 Å². The maximum Gasteiger partial charge on any atom is 0.227 e. The first-order valence-electron chi connectivity index (χ1n) is 7.12. The number of carbonyl (C=O) groups excluding carboxylic acids is 1. The third-order valence-corrected chi connectivity index (χ3v) is 3.21. The Morgan fingerprint density at radius 2 is 2.05 bits per heavy atom. The largest absolute Gasteiger partial charge is 0.508 e. The lowest BCUT2D eigenvalue weighted by Crippen LogP contribution is -2.38. The van der Waals surface area contributed by atoms with Gasteiger partial charge in [0.1, 0.15) is 5.75 Å². The molecule has 19 heavy (non-hydrogen) atoms. The molecular weight excluding hydrogens is 238 g/mol. The van der Waals surface area contributed by atoms with E-state index in [0.29, 0.717) is 6.42 Å². The van der Waals surface area contributed by atoms with Crippen molar-refractivity contribution in [2.24, 2.45) is 0 Å². The third-order valence-electron chi connectivity index (χ3n) is 3.21. The van der Waals surface area contributed by atoms with Crippen LogP contribution in [-0.2, 0) is 11.2 Å². The van der Waals surface area contributed by atoms with Gasteiger partial charge in [0.25, 0.3) is 0 Å². The second kappa shape index (κ2) is 7.82. The van der Waals surface area contributed by atoms with Gasteiger partial charge in [-0.3, -0.25) is 4.79 Å². The van der Waals surface area contributed by atoms with Gasteiger partial charge in [0.2, 0.25) is 5.91 Å². The first-order valence-corrected chi connectivity index (χ1v) is 7.12. The molecule has 106 valence electrons. The lowest BCUT2D eigenvalue weighted by Gasteiger charge is -2.27. The van der Waals surface area contributed by atoms with Crippen LogP contribution in [0.25, 0.3) is 0 Å². The van der Waals surface area contributed by atoms with Gasteiger partial charge in [0, 0.05) is 12.6 Å². The number of benzene rings is 1. The van der Waals surface area contributed by atoms with Gasteiger partial charge in [0.05, 0.1) is 6.42 Å². The van der Waals surface area contributed by atoms with Crippen LogP contribution >= 0.6 is 0 Å². The number of unbranched alkanes of at least 4 members (excludes halogenated alkanes) is 2. The summed E-state index contributed by atoms with van der Waals surface area (Å²) in [5, 5.41) is 9.42. The monoisotopic (exact) mass is 263 g/mol. The number of phenols is 1. The lowest BCUT2D eigenvalue weighted by molar-refractivity contribution is -0.132. The molecule has 0 spiro atoms. The zero-order chi connectivity index (χ0) is 14.3. The molecule has 3 heteroatoms. The van der Waals surface area contributed by atoms with Crippen molar-refractivity contribution in [1.29, 1.82) is 0 Å². The minimum atomic E-state index is 0.136. The molecule has 0 saturated carbocycles. The summed E-state index contributed by atoms with van der Waals surface area (Å²) in [6.45, 7) is 7.08.